The summed E-state index contributed by atoms with van der Waals surface area (Å²) in [6, 6.07) is 0. The average Bonchev–Trinajstić information content (AvgIpc) is 2.67. The topological polar surface area (TPSA) is 50.7 Å². The van der Waals surface area contributed by atoms with Crippen LogP contribution in [0.4, 0.5) is 5.95 Å². The summed E-state index contributed by atoms with van der Waals surface area (Å²) < 4.78 is 11.7. The summed E-state index contributed by atoms with van der Waals surface area (Å²) in [7, 11) is 0. The highest BCUT2D eigenvalue weighted by atomic mass is 16.5. The van der Waals surface area contributed by atoms with Crippen LogP contribution < -0.4 is 9.64 Å². The van der Waals surface area contributed by atoms with Gasteiger partial charge in [0.05, 0.1) is 19.0 Å². The van der Waals surface area contributed by atoms with E-state index in [0.717, 1.165) is 62.9 Å². The van der Waals surface area contributed by atoms with E-state index < -0.39 is 0 Å². The van der Waals surface area contributed by atoms with Gasteiger partial charge in [0.25, 0.3) is 0 Å². The summed E-state index contributed by atoms with van der Waals surface area (Å²) in [5.41, 5.74) is 0. The predicted octanol–water partition coefficient (Wildman–Crippen LogP) is 3.08. The molecule has 1 aromatic rings. The first-order valence-corrected chi connectivity index (χ1v) is 10.5. The minimum absolute atomic E-state index is 0.118. The molecule has 0 aliphatic carbocycles. The first-order valence-electron chi connectivity index (χ1n) is 10.5. The van der Waals surface area contributed by atoms with Gasteiger partial charge in [-0.1, -0.05) is 27.7 Å². The van der Waals surface area contributed by atoms with Crippen LogP contribution in [0.15, 0.2) is 12.4 Å². The molecule has 6 heteroatoms. The van der Waals surface area contributed by atoms with Crippen LogP contribution in [0.25, 0.3) is 0 Å². The summed E-state index contributed by atoms with van der Waals surface area (Å²) in [5, 5.41) is 0. The first-order chi connectivity index (χ1) is 13.0. The van der Waals surface area contributed by atoms with Crippen molar-refractivity contribution in [1.29, 1.82) is 0 Å². The number of hydrogen-bond donors (Lipinski definition) is 0. The van der Waals surface area contributed by atoms with Gasteiger partial charge in [0.1, 0.15) is 12.7 Å². The van der Waals surface area contributed by atoms with Gasteiger partial charge in [-0.15, -0.1) is 0 Å². The maximum atomic E-state index is 5.89. The zero-order valence-corrected chi connectivity index (χ0v) is 17.4. The summed E-state index contributed by atoms with van der Waals surface area (Å²) >= 11 is 0. The fourth-order valence-electron chi connectivity index (χ4n) is 4.07. The Balaban J connectivity index is 1.44. The van der Waals surface area contributed by atoms with Crippen molar-refractivity contribution in [1.82, 2.24) is 14.9 Å². The highest BCUT2D eigenvalue weighted by molar-refractivity contribution is 5.32. The molecule has 0 radical (unpaired) electrons. The first kappa shape index (κ1) is 20.3. The zero-order valence-electron chi connectivity index (χ0n) is 17.4. The van der Waals surface area contributed by atoms with Crippen LogP contribution in [0, 0.1) is 17.8 Å². The second kappa shape index (κ2) is 9.69. The molecular formula is C21H36N4O2. The van der Waals surface area contributed by atoms with E-state index in [1.54, 1.807) is 12.4 Å². The molecule has 0 aromatic carbocycles. The lowest BCUT2D eigenvalue weighted by molar-refractivity contribution is -0.0506. The molecule has 6 nitrogen and oxygen atoms in total. The lowest BCUT2D eigenvalue weighted by Gasteiger charge is -2.34. The maximum Gasteiger partial charge on any atom is 0.225 e. The highest BCUT2D eigenvalue weighted by Crippen LogP contribution is 2.26. The van der Waals surface area contributed by atoms with E-state index in [0.29, 0.717) is 12.5 Å². The summed E-state index contributed by atoms with van der Waals surface area (Å²) in [4.78, 5) is 13.8. The second-order valence-electron chi connectivity index (χ2n) is 8.74. The molecule has 2 fully saturated rings. The minimum atomic E-state index is 0.118. The fraction of sp³-hybridized carbons (Fsp3) is 0.810. The molecule has 0 saturated carbocycles. The van der Waals surface area contributed by atoms with Gasteiger partial charge in [-0.05, 0) is 30.6 Å². The van der Waals surface area contributed by atoms with Crippen molar-refractivity contribution in [2.75, 3.05) is 50.8 Å². The van der Waals surface area contributed by atoms with Gasteiger partial charge < -0.3 is 14.4 Å². The minimum Gasteiger partial charge on any atom is -0.488 e. The third kappa shape index (κ3) is 6.04. The van der Waals surface area contributed by atoms with E-state index in [-0.39, 0.29) is 6.10 Å². The molecular weight excluding hydrogens is 340 g/mol. The van der Waals surface area contributed by atoms with E-state index in [4.69, 9.17) is 9.47 Å². The lowest BCUT2D eigenvalue weighted by atomic mass is 9.87. The van der Waals surface area contributed by atoms with Crippen LogP contribution in [-0.2, 0) is 4.74 Å². The van der Waals surface area contributed by atoms with Crippen LogP contribution in [0.1, 0.15) is 40.5 Å². The molecule has 27 heavy (non-hydrogen) atoms. The number of hydrogen-bond acceptors (Lipinski definition) is 6. The Bertz CT molecular complexity index is 556. The molecule has 3 rings (SSSR count). The van der Waals surface area contributed by atoms with E-state index in [1.165, 1.54) is 12.8 Å². The van der Waals surface area contributed by atoms with Gasteiger partial charge in [-0.25, -0.2) is 9.97 Å². The van der Waals surface area contributed by atoms with Crippen molar-refractivity contribution >= 4 is 5.95 Å². The molecule has 2 aliphatic heterocycles. The SMILES string of the molecule is CC(C)CN1CCO[C@@H](COc2cnc(N3CCC(C(C)C)CC3)nc2)C1. The Morgan fingerprint density at radius 2 is 1.81 bits per heavy atom. The molecule has 3 heterocycles. The van der Waals surface area contributed by atoms with Gasteiger partial charge >= 0.3 is 0 Å². The molecule has 152 valence electrons. The molecule has 1 atom stereocenters. The van der Waals surface area contributed by atoms with E-state index >= 15 is 0 Å². The van der Waals surface area contributed by atoms with E-state index in [2.05, 4.69) is 47.5 Å². The zero-order chi connectivity index (χ0) is 19.2. The quantitative estimate of drug-likeness (QED) is 0.729. The average molecular weight is 377 g/mol. The van der Waals surface area contributed by atoms with Crippen molar-refractivity contribution in [2.45, 2.75) is 46.6 Å². The molecule has 0 unspecified atom stereocenters. The number of nitrogens with zero attached hydrogens (tertiary/aromatic N) is 4. The van der Waals surface area contributed by atoms with Crippen LogP contribution in [0.2, 0.25) is 0 Å². The van der Waals surface area contributed by atoms with Crippen molar-refractivity contribution < 1.29 is 9.47 Å². The van der Waals surface area contributed by atoms with Crippen molar-refractivity contribution in [3.8, 4) is 5.75 Å². The number of aromatic nitrogens is 2. The maximum absolute atomic E-state index is 5.89. The van der Waals surface area contributed by atoms with Crippen LogP contribution in [0.5, 0.6) is 5.75 Å². The summed E-state index contributed by atoms with van der Waals surface area (Å²) in [6.45, 7) is 15.6. The Morgan fingerprint density at radius 3 is 2.44 bits per heavy atom. The van der Waals surface area contributed by atoms with Gasteiger partial charge in [0.15, 0.2) is 5.75 Å². The summed E-state index contributed by atoms with van der Waals surface area (Å²) in [5.74, 6) is 3.81. The molecule has 0 spiro atoms. The molecule has 0 bridgehead atoms. The van der Waals surface area contributed by atoms with E-state index in [1.807, 2.05) is 0 Å². The molecule has 2 aliphatic rings. The van der Waals surface area contributed by atoms with Gasteiger partial charge in [0, 0.05) is 32.7 Å². The number of rotatable bonds is 7. The molecule has 1 aromatic heterocycles. The number of morpholine rings is 1. The van der Waals surface area contributed by atoms with Crippen LogP contribution in [0.3, 0.4) is 0 Å². The van der Waals surface area contributed by atoms with Crippen LogP contribution >= 0.6 is 0 Å². The third-order valence-electron chi connectivity index (χ3n) is 5.66. The van der Waals surface area contributed by atoms with Gasteiger partial charge in [0.2, 0.25) is 5.95 Å². The lowest BCUT2D eigenvalue weighted by Crippen LogP contribution is -2.46. The van der Waals surface area contributed by atoms with Crippen molar-refractivity contribution in [2.24, 2.45) is 17.8 Å². The number of piperidine rings is 1. The van der Waals surface area contributed by atoms with Gasteiger partial charge in [-0.3, -0.25) is 4.90 Å². The Hall–Kier alpha value is -1.40. The third-order valence-corrected chi connectivity index (χ3v) is 5.66. The van der Waals surface area contributed by atoms with Crippen LogP contribution in [-0.4, -0.2) is 66.9 Å². The highest BCUT2D eigenvalue weighted by Gasteiger charge is 2.24. The normalized spacial score (nSPS) is 22.6. The predicted molar refractivity (Wildman–Crippen MR) is 108 cm³/mol. The largest absolute Gasteiger partial charge is 0.488 e. The Labute approximate surface area is 164 Å². The van der Waals surface area contributed by atoms with Crippen molar-refractivity contribution in [3.63, 3.8) is 0 Å². The molecule has 2 saturated heterocycles. The molecule has 0 N–H and O–H groups in total. The monoisotopic (exact) mass is 376 g/mol. The number of ether oxygens (including phenoxy) is 2. The van der Waals surface area contributed by atoms with Gasteiger partial charge in [-0.2, -0.15) is 0 Å². The van der Waals surface area contributed by atoms with E-state index in [9.17, 15) is 0 Å². The summed E-state index contributed by atoms with van der Waals surface area (Å²) in [6.07, 6.45) is 6.17. The number of anilines is 1. The fourth-order valence-corrected chi connectivity index (χ4v) is 4.07. The Morgan fingerprint density at radius 1 is 1.11 bits per heavy atom. The molecule has 0 amide bonds. The smallest absolute Gasteiger partial charge is 0.225 e. The Kier molecular flexibility index (Phi) is 7.30. The second-order valence-corrected chi connectivity index (χ2v) is 8.74. The van der Waals surface area contributed by atoms with Crippen molar-refractivity contribution in [3.05, 3.63) is 12.4 Å². The standard InChI is InChI=1S/C21H36N4O2/c1-16(2)13-24-9-10-26-20(14-24)15-27-19-11-22-21(23-12-19)25-7-5-18(6-8-25)17(3)4/h11-12,16-18,20H,5-10,13-15H2,1-4H3/t20-/m1/s1.